The summed E-state index contributed by atoms with van der Waals surface area (Å²) in [6.07, 6.45) is -3.42. The van der Waals surface area contributed by atoms with Crippen LogP contribution in [0.5, 0.6) is 0 Å². The lowest BCUT2D eigenvalue weighted by Gasteiger charge is -2.18. The first kappa shape index (κ1) is 17.6. The minimum absolute atomic E-state index is 0.186. The van der Waals surface area contributed by atoms with Crippen LogP contribution in [-0.4, -0.2) is 27.6 Å². The number of carbonyl (C=O) groups excluding carboxylic acids is 1. The second kappa shape index (κ2) is 6.80. The van der Waals surface area contributed by atoms with E-state index in [1.165, 1.54) is 11.9 Å². The fourth-order valence-corrected chi connectivity index (χ4v) is 2.25. The average Bonchev–Trinajstić information content (AvgIpc) is 2.92. The van der Waals surface area contributed by atoms with Gasteiger partial charge in [-0.2, -0.15) is 18.3 Å². The van der Waals surface area contributed by atoms with Crippen LogP contribution in [0, 0.1) is 0 Å². The van der Waals surface area contributed by atoms with Gasteiger partial charge in [0.15, 0.2) is 5.69 Å². The van der Waals surface area contributed by atoms with E-state index in [1.807, 2.05) is 0 Å². The molecule has 1 heterocycles. The van der Waals surface area contributed by atoms with E-state index in [2.05, 4.69) is 5.10 Å². The number of carbonyl (C=O) groups is 1. The molecular formula is C14H12Cl2F3N3O. The number of halogens is 5. The van der Waals surface area contributed by atoms with Crippen molar-refractivity contribution in [2.45, 2.75) is 19.3 Å². The molecule has 0 bridgehead atoms. The summed E-state index contributed by atoms with van der Waals surface area (Å²) in [5, 5.41) is 4.05. The number of aromatic nitrogens is 2. The van der Waals surface area contributed by atoms with Gasteiger partial charge in [-0.05, 0) is 17.7 Å². The second-order valence-electron chi connectivity index (χ2n) is 4.86. The number of benzene rings is 1. The Morgan fingerprint density at radius 3 is 2.61 bits per heavy atom. The highest BCUT2D eigenvalue weighted by molar-refractivity contribution is 6.42. The van der Waals surface area contributed by atoms with Crippen LogP contribution in [0.25, 0.3) is 0 Å². The van der Waals surface area contributed by atoms with E-state index in [9.17, 15) is 18.0 Å². The van der Waals surface area contributed by atoms with Gasteiger partial charge >= 0.3 is 6.18 Å². The molecule has 4 nitrogen and oxygen atoms in total. The van der Waals surface area contributed by atoms with Gasteiger partial charge in [0, 0.05) is 19.8 Å². The number of likely N-dealkylation sites (N-methyl/N-ethyl adjacent to an activating group) is 1. The first-order chi connectivity index (χ1) is 10.7. The Labute approximate surface area is 140 Å². The zero-order valence-electron chi connectivity index (χ0n) is 11.9. The molecule has 1 amide bonds. The highest BCUT2D eigenvalue weighted by atomic mass is 35.5. The second-order valence-corrected chi connectivity index (χ2v) is 5.64. The van der Waals surface area contributed by atoms with Gasteiger partial charge in [-0.1, -0.05) is 35.3 Å². The zero-order chi connectivity index (χ0) is 17.2. The Morgan fingerprint density at radius 1 is 1.30 bits per heavy atom. The number of hydrogen-bond acceptors (Lipinski definition) is 2. The molecule has 2 aromatic rings. The van der Waals surface area contributed by atoms with E-state index in [0.29, 0.717) is 15.6 Å². The van der Waals surface area contributed by atoms with Crippen LogP contribution in [0.3, 0.4) is 0 Å². The van der Waals surface area contributed by atoms with E-state index in [-0.39, 0.29) is 13.1 Å². The third kappa shape index (κ3) is 4.39. The van der Waals surface area contributed by atoms with Crippen LogP contribution in [-0.2, 0) is 24.1 Å². The lowest BCUT2D eigenvalue weighted by Crippen LogP contribution is -2.30. The summed E-state index contributed by atoms with van der Waals surface area (Å²) in [4.78, 5) is 13.4. The molecule has 0 unspecified atom stereocenters. The average molecular weight is 366 g/mol. The van der Waals surface area contributed by atoms with Crippen LogP contribution in [0.4, 0.5) is 13.2 Å². The molecule has 0 N–H and O–H groups in total. The minimum Gasteiger partial charge on any atom is -0.340 e. The monoisotopic (exact) mass is 365 g/mol. The van der Waals surface area contributed by atoms with Crippen molar-refractivity contribution in [2.75, 3.05) is 7.05 Å². The molecule has 0 fully saturated rings. The molecule has 0 radical (unpaired) electrons. The van der Waals surface area contributed by atoms with Crippen molar-refractivity contribution < 1.29 is 18.0 Å². The molecular weight excluding hydrogens is 354 g/mol. The molecule has 0 aliphatic heterocycles. The van der Waals surface area contributed by atoms with Gasteiger partial charge in [0.25, 0.3) is 0 Å². The van der Waals surface area contributed by atoms with Crippen molar-refractivity contribution in [3.63, 3.8) is 0 Å². The summed E-state index contributed by atoms with van der Waals surface area (Å²) < 4.78 is 38.4. The summed E-state index contributed by atoms with van der Waals surface area (Å²) in [5.41, 5.74) is -0.391. The van der Waals surface area contributed by atoms with Crippen LogP contribution >= 0.6 is 23.2 Å². The van der Waals surface area contributed by atoms with Crippen LogP contribution in [0.1, 0.15) is 11.3 Å². The number of nitrogens with zero attached hydrogens (tertiary/aromatic N) is 3. The van der Waals surface area contributed by atoms with Gasteiger partial charge in [-0.3, -0.25) is 9.48 Å². The fourth-order valence-electron chi connectivity index (χ4n) is 1.87. The van der Waals surface area contributed by atoms with Gasteiger partial charge in [-0.15, -0.1) is 0 Å². The maximum atomic E-state index is 12.5. The van der Waals surface area contributed by atoms with Crippen LogP contribution in [0.15, 0.2) is 30.5 Å². The Morgan fingerprint density at radius 2 is 2.00 bits per heavy atom. The third-order valence-electron chi connectivity index (χ3n) is 3.09. The standard InChI is InChI=1S/C14H12Cl2F3N3O/c1-21(7-9-3-2-4-10(15)13(9)16)12(23)8-22-6-5-11(20-22)14(17,18)19/h2-6H,7-8H2,1H3. The van der Waals surface area contributed by atoms with Gasteiger partial charge < -0.3 is 4.90 Å². The number of hydrogen-bond donors (Lipinski definition) is 0. The van der Waals surface area contributed by atoms with Crippen molar-refractivity contribution in [3.8, 4) is 0 Å². The summed E-state index contributed by atoms with van der Waals surface area (Å²) in [5.74, 6) is -0.405. The quantitative estimate of drug-likeness (QED) is 0.824. The van der Waals surface area contributed by atoms with Gasteiger partial charge in [0.2, 0.25) is 5.91 Å². The zero-order valence-corrected chi connectivity index (χ0v) is 13.5. The van der Waals surface area contributed by atoms with E-state index in [0.717, 1.165) is 16.9 Å². The van der Waals surface area contributed by atoms with Crippen molar-refractivity contribution >= 4 is 29.1 Å². The normalized spacial score (nSPS) is 11.6. The molecule has 1 aromatic carbocycles. The Hall–Kier alpha value is -1.73. The van der Waals surface area contributed by atoms with E-state index >= 15 is 0 Å². The molecule has 9 heteroatoms. The summed E-state index contributed by atoms with van der Waals surface area (Å²) in [7, 11) is 1.52. The Kier molecular flexibility index (Phi) is 5.21. The third-order valence-corrected chi connectivity index (χ3v) is 3.95. The van der Waals surface area contributed by atoms with Crippen LogP contribution < -0.4 is 0 Å². The highest BCUT2D eigenvalue weighted by Gasteiger charge is 2.33. The number of amides is 1. The van der Waals surface area contributed by atoms with Crippen molar-refractivity contribution in [2.24, 2.45) is 0 Å². The molecule has 0 saturated carbocycles. The first-order valence-corrected chi connectivity index (χ1v) is 7.21. The van der Waals surface area contributed by atoms with Crippen molar-refractivity contribution in [1.82, 2.24) is 14.7 Å². The number of alkyl halides is 3. The van der Waals surface area contributed by atoms with Crippen molar-refractivity contribution in [1.29, 1.82) is 0 Å². The maximum Gasteiger partial charge on any atom is 0.435 e. The van der Waals surface area contributed by atoms with E-state index in [1.54, 1.807) is 18.2 Å². The predicted molar refractivity (Wildman–Crippen MR) is 80.2 cm³/mol. The van der Waals surface area contributed by atoms with E-state index < -0.39 is 17.8 Å². The molecule has 2 rings (SSSR count). The van der Waals surface area contributed by atoms with Gasteiger partial charge in [0.1, 0.15) is 6.54 Å². The molecule has 0 aliphatic carbocycles. The largest absolute Gasteiger partial charge is 0.435 e. The van der Waals surface area contributed by atoms with Crippen molar-refractivity contribution in [3.05, 3.63) is 51.8 Å². The lowest BCUT2D eigenvalue weighted by molar-refractivity contribution is -0.142. The first-order valence-electron chi connectivity index (χ1n) is 6.46. The van der Waals surface area contributed by atoms with E-state index in [4.69, 9.17) is 23.2 Å². The summed E-state index contributed by atoms with van der Waals surface area (Å²) in [6.45, 7) is -0.115. The van der Waals surface area contributed by atoms with Crippen LogP contribution in [0.2, 0.25) is 10.0 Å². The minimum atomic E-state index is -4.53. The molecule has 0 saturated heterocycles. The Bertz CT molecular complexity index is 716. The maximum absolute atomic E-state index is 12.5. The molecule has 124 valence electrons. The highest BCUT2D eigenvalue weighted by Crippen LogP contribution is 2.27. The lowest BCUT2D eigenvalue weighted by atomic mass is 10.2. The van der Waals surface area contributed by atoms with Gasteiger partial charge in [0.05, 0.1) is 10.0 Å². The van der Waals surface area contributed by atoms with Gasteiger partial charge in [-0.25, -0.2) is 0 Å². The molecule has 0 aliphatic rings. The number of rotatable bonds is 4. The molecule has 23 heavy (non-hydrogen) atoms. The Balaban J connectivity index is 2.03. The SMILES string of the molecule is CN(Cc1cccc(Cl)c1Cl)C(=O)Cn1ccc(C(F)(F)F)n1. The predicted octanol–water partition coefficient (Wildman–Crippen LogP) is 3.87. The molecule has 0 atom stereocenters. The topological polar surface area (TPSA) is 38.1 Å². The summed E-state index contributed by atoms with van der Waals surface area (Å²) in [6, 6.07) is 5.86. The summed E-state index contributed by atoms with van der Waals surface area (Å²) >= 11 is 11.9. The smallest absolute Gasteiger partial charge is 0.340 e. The fraction of sp³-hybridized carbons (Fsp3) is 0.286. The molecule has 0 spiro atoms. The molecule has 1 aromatic heterocycles.